The summed E-state index contributed by atoms with van der Waals surface area (Å²) in [6.45, 7) is 2.56. The van der Waals surface area contributed by atoms with E-state index in [9.17, 15) is 4.79 Å². The third-order valence-electron chi connectivity index (χ3n) is 2.93. The molecule has 0 saturated carbocycles. The quantitative estimate of drug-likeness (QED) is 0.472. The molecule has 2 rings (SSSR count). The van der Waals surface area contributed by atoms with Gasteiger partial charge >= 0.3 is 5.63 Å². The molecular formula is C17H18O3. The normalized spacial score (nSPS) is 10.1. The fraction of sp³-hybridized carbons (Fsp3) is 0.353. The zero-order valence-corrected chi connectivity index (χ0v) is 11.6. The minimum absolute atomic E-state index is 0.343. The summed E-state index contributed by atoms with van der Waals surface area (Å²) < 4.78 is 10.6. The van der Waals surface area contributed by atoms with E-state index in [0.29, 0.717) is 12.2 Å². The molecule has 0 radical (unpaired) electrons. The highest BCUT2D eigenvalue weighted by molar-refractivity contribution is 5.77. The number of hydrogen-bond donors (Lipinski definition) is 0. The van der Waals surface area contributed by atoms with E-state index in [1.54, 1.807) is 18.2 Å². The maximum Gasteiger partial charge on any atom is 0.336 e. The van der Waals surface area contributed by atoms with Gasteiger partial charge in [0.05, 0.1) is 0 Å². The first kappa shape index (κ1) is 14.2. The van der Waals surface area contributed by atoms with E-state index in [2.05, 4.69) is 18.8 Å². The van der Waals surface area contributed by atoms with Gasteiger partial charge in [-0.3, -0.25) is 0 Å². The molecule has 0 bridgehead atoms. The Morgan fingerprint density at radius 2 is 2.05 bits per heavy atom. The molecule has 0 unspecified atom stereocenters. The molecule has 0 saturated heterocycles. The molecule has 3 nitrogen and oxygen atoms in total. The first-order chi connectivity index (χ1) is 9.79. The number of benzene rings is 1. The van der Waals surface area contributed by atoms with Gasteiger partial charge in [0.15, 0.2) is 0 Å². The molecule has 0 N–H and O–H groups in total. The van der Waals surface area contributed by atoms with Crippen LogP contribution in [0, 0.1) is 11.8 Å². The Kier molecular flexibility index (Phi) is 5.25. The van der Waals surface area contributed by atoms with Crippen LogP contribution in [0.5, 0.6) is 5.75 Å². The molecule has 104 valence electrons. The van der Waals surface area contributed by atoms with Crippen molar-refractivity contribution >= 4 is 11.0 Å². The van der Waals surface area contributed by atoms with Gasteiger partial charge in [-0.05, 0) is 30.7 Å². The van der Waals surface area contributed by atoms with E-state index in [1.807, 2.05) is 6.07 Å². The maximum atomic E-state index is 11.1. The molecule has 0 aliphatic heterocycles. The van der Waals surface area contributed by atoms with Gasteiger partial charge in [-0.25, -0.2) is 4.79 Å². The van der Waals surface area contributed by atoms with Crippen molar-refractivity contribution in [3.05, 3.63) is 40.8 Å². The van der Waals surface area contributed by atoms with Crippen LogP contribution in [0.15, 0.2) is 39.5 Å². The van der Waals surface area contributed by atoms with Gasteiger partial charge in [0.2, 0.25) is 0 Å². The lowest BCUT2D eigenvalue weighted by Crippen LogP contribution is -1.96. The third kappa shape index (κ3) is 4.17. The van der Waals surface area contributed by atoms with Gasteiger partial charge in [0, 0.05) is 17.9 Å². The average Bonchev–Trinajstić information content (AvgIpc) is 2.46. The van der Waals surface area contributed by atoms with Gasteiger partial charge in [0.1, 0.15) is 17.9 Å². The van der Waals surface area contributed by atoms with Crippen molar-refractivity contribution in [1.29, 1.82) is 0 Å². The molecule has 3 heteroatoms. The Morgan fingerprint density at radius 3 is 2.90 bits per heavy atom. The number of unbranched alkanes of at least 4 members (excludes halogenated alkanes) is 3. The molecule has 20 heavy (non-hydrogen) atoms. The fourth-order valence-electron chi connectivity index (χ4n) is 1.86. The van der Waals surface area contributed by atoms with E-state index < -0.39 is 0 Å². The lowest BCUT2D eigenvalue weighted by Gasteiger charge is -2.02. The fourth-order valence-corrected chi connectivity index (χ4v) is 1.86. The predicted molar refractivity (Wildman–Crippen MR) is 79.9 cm³/mol. The summed E-state index contributed by atoms with van der Waals surface area (Å²) >= 11 is 0. The van der Waals surface area contributed by atoms with E-state index in [4.69, 9.17) is 9.15 Å². The summed E-state index contributed by atoms with van der Waals surface area (Å²) in [6.07, 6.45) is 4.52. The number of rotatable bonds is 5. The Labute approximate surface area is 118 Å². The summed E-state index contributed by atoms with van der Waals surface area (Å²) in [5.74, 6) is 6.84. The Morgan fingerprint density at radius 1 is 1.15 bits per heavy atom. The first-order valence-corrected chi connectivity index (χ1v) is 6.92. The highest BCUT2D eigenvalue weighted by Crippen LogP contribution is 2.19. The van der Waals surface area contributed by atoms with Crippen molar-refractivity contribution < 1.29 is 9.15 Å². The van der Waals surface area contributed by atoms with Crippen molar-refractivity contribution in [2.75, 3.05) is 6.61 Å². The summed E-state index contributed by atoms with van der Waals surface area (Å²) in [7, 11) is 0. The van der Waals surface area contributed by atoms with Crippen LogP contribution < -0.4 is 10.4 Å². The molecule has 0 amide bonds. The second kappa shape index (κ2) is 7.40. The molecule has 1 heterocycles. The molecule has 0 aliphatic rings. The highest BCUT2D eigenvalue weighted by atomic mass is 16.5. The van der Waals surface area contributed by atoms with Crippen molar-refractivity contribution in [3.63, 3.8) is 0 Å². The molecular weight excluding hydrogens is 252 g/mol. The maximum absolute atomic E-state index is 11.1. The lowest BCUT2D eigenvalue weighted by atomic mass is 10.2. The van der Waals surface area contributed by atoms with Gasteiger partial charge in [-0.2, -0.15) is 0 Å². The van der Waals surface area contributed by atoms with Crippen LogP contribution in [-0.4, -0.2) is 6.61 Å². The topological polar surface area (TPSA) is 39.4 Å². The summed E-state index contributed by atoms with van der Waals surface area (Å²) in [6, 6.07) is 8.49. The van der Waals surface area contributed by atoms with Crippen molar-refractivity contribution in [2.45, 2.75) is 32.6 Å². The van der Waals surface area contributed by atoms with Crippen LogP contribution in [0.4, 0.5) is 0 Å². The monoisotopic (exact) mass is 270 g/mol. The predicted octanol–water partition coefficient (Wildman–Crippen LogP) is 3.76. The minimum Gasteiger partial charge on any atom is -0.481 e. The highest BCUT2D eigenvalue weighted by Gasteiger charge is 1.99. The standard InChI is InChI=1S/C17H18O3/c1-2-3-4-5-6-7-12-19-15-9-10-16-14(13-15)8-11-17(18)20-16/h8-11,13H,2-5,12H2,1H3. The van der Waals surface area contributed by atoms with E-state index in [0.717, 1.165) is 24.0 Å². The van der Waals surface area contributed by atoms with Gasteiger partial charge < -0.3 is 9.15 Å². The summed E-state index contributed by atoms with van der Waals surface area (Å²) in [4.78, 5) is 11.1. The van der Waals surface area contributed by atoms with E-state index in [1.165, 1.54) is 18.9 Å². The van der Waals surface area contributed by atoms with Crippen LogP contribution in [0.3, 0.4) is 0 Å². The van der Waals surface area contributed by atoms with Crippen LogP contribution in [0.1, 0.15) is 32.6 Å². The van der Waals surface area contributed by atoms with Crippen LogP contribution in [0.2, 0.25) is 0 Å². The SMILES string of the molecule is CCCCCC#CCOc1ccc2oc(=O)ccc2c1. The number of fused-ring (bicyclic) bond motifs is 1. The summed E-state index contributed by atoms with van der Waals surface area (Å²) in [5.41, 5.74) is 0.222. The second-order valence-corrected chi connectivity index (χ2v) is 4.55. The van der Waals surface area contributed by atoms with Crippen LogP contribution in [0.25, 0.3) is 11.0 Å². The van der Waals surface area contributed by atoms with E-state index in [-0.39, 0.29) is 5.63 Å². The van der Waals surface area contributed by atoms with E-state index >= 15 is 0 Å². The first-order valence-electron chi connectivity index (χ1n) is 6.92. The largest absolute Gasteiger partial charge is 0.481 e. The smallest absolute Gasteiger partial charge is 0.336 e. The molecule has 0 fully saturated rings. The van der Waals surface area contributed by atoms with Gasteiger partial charge in [-0.15, -0.1) is 0 Å². The average molecular weight is 270 g/mol. The molecule has 1 aromatic carbocycles. The zero-order valence-electron chi connectivity index (χ0n) is 11.6. The molecule has 0 atom stereocenters. The van der Waals surface area contributed by atoms with Gasteiger partial charge in [-0.1, -0.05) is 31.6 Å². The molecule has 0 aliphatic carbocycles. The minimum atomic E-state index is -0.343. The number of hydrogen-bond acceptors (Lipinski definition) is 3. The zero-order chi connectivity index (χ0) is 14.2. The van der Waals surface area contributed by atoms with Crippen LogP contribution in [-0.2, 0) is 0 Å². The Hall–Kier alpha value is -2.21. The number of ether oxygens (including phenoxy) is 1. The molecule has 2 aromatic rings. The molecule has 0 spiro atoms. The van der Waals surface area contributed by atoms with Crippen molar-refractivity contribution in [1.82, 2.24) is 0 Å². The lowest BCUT2D eigenvalue weighted by molar-refractivity contribution is 0.370. The van der Waals surface area contributed by atoms with Crippen LogP contribution >= 0.6 is 0 Å². The summed E-state index contributed by atoms with van der Waals surface area (Å²) in [5, 5.41) is 0.845. The van der Waals surface area contributed by atoms with Gasteiger partial charge in [0.25, 0.3) is 0 Å². The van der Waals surface area contributed by atoms with Crippen molar-refractivity contribution in [3.8, 4) is 17.6 Å². The molecule has 1 aromatic heterocycles. The Bertz CT molecular complexity index is 674. The Balaban J connectivity index is 1.90. The van der Waals surface area contributed by atoms with Crippen molar-refractivity contribution in [2.24, 2.45) is 0 Å². The second-order valence-electron chi connectivity index (χ2n) is 4.55. The third-order valence-corrected chi connectivity index (χ3v) is 2.93.